The maximum absolute atomic E-state index is 10.8. The summed E-state index contributed by atoms with van der Waals surface area (Å²) in [5, 5.41) is 0. The average molecular weight is 226 g/mol. The molecule has 6 heteroatoms. The molecule has 0 aliphatic heterocycles. The van der Waals surface area contributed by atoms with Gasteiger partial charge in [-0.05, 0) is 13.8 Å². The van der Waals surface area contributed by atoms with E-state index in [1.807, 2.05) is 13.8 Å². The third kappa shape index (κ3) is 8.66. The third-order valence-corrected chi connectivity index (χ3v) is 2.08. The van der Waals surface area contributed by atoms with E-state index in [1.165, 1.54) is 7.11 Å². The van der Waals surface area contributed by atoms with Gasteiger partial charge in [-0.1, -0.05) is 0 Å². The van der Waals surface area contributed by atoms with Crippen LogP contribution in [0.4, 0.5) is 0 Å². The molecule has 86 valence electrons. The van der Waals surface area contributed by atoms with Crippen LogP contribution in [0.2, 0.25) is 0 Å². The van der Waals surface area contributed by atoms with E-state index in [2.05, 4.69) is 0 Å². The Morgan fingerprint density at radius 1 is 1.36 bits per heavy atom. The Bertz CT molecular complexity index is 188. The molecule has 0 spiro atoms. The number of hydrogen-bond donors (Lipinski definition) is 1. The van der Waals surface area contributed by atoms with Gasteiger partial charge in [-0.3, -0.25) is 4.57 Å². The molecule has 5 nitrogen and oxygen atoms in total. The maximum Gasteiger partial charge on any atom is 0.325 e. The van der Waals surface area contributed by atoms with Gasteiger partial charge in [0.15, 0.2) is 0 Å². The first-order chi connectivity index (χ1) is 6.35. The highest BCUT2D eigenvalue weighted by Gasteiger charge is 2.15. The average Bonchev–Trinajstić information content (AvgIpc) is 2.02. The first-order valence-corrected chi connectivity index (χ1v) is 6.47. The van der Waals surface area contributed by atoms with Crippen molar-refractivity contribution in [1.29, 1.82) is 0 Å². The van der Waals surface area contributed by atoms with Crippen LogP contribution in [-0.4, -0.2) is 44.1 Å². The minimum Gasteiger partial charge on any atom is -0.377 e. The molecule has 2 atom stereocenters. The molecular weight excluding hydrogens is 207 g/mol. The Morgan fingerprint density at radius 2 is 1.93 bits per heavy atom. The molecule has 14 heavy (non-hydrogen) atoms. The van der Waals surface area contributed by atoms with Crippen LogP contribution in [0.15, 0.2) is 0 Å². The van der Waals surface area contributed by atoms with Gasteiger partial charge in [-0.25, -0.2) is 0 Å². The lowest BCUT2D eigenvalue weighted by molar-refractivity contribution is -0.0343. The molecule has 0 radical (unpaired) electrons. The molecule has 2 unspecified atom stereocenters. The lowest BCUT2D eigenvalue weighted by atomic mass is 10.4. The number of ether oxygens (including phenoxy) is 2. The van der Waals surface area contributed by atoms with Crippen molar-refractivity contribution in [3.8, 4) is 0 Å². The fourth-order valence-corrected chi connectivity index (χ4v) is 1.15. The highest BCUT2D eigenvalue weighted by molar-refractivity contribution is 7.51. The first-order valence-electron chi connectivity index (χ1n) is 4.44. The largest absolute Gasteiger partial charge is 0.377 e. The second kappa shape index (κ2) is 6.53. The van der Waals surface area contributed by atoms with Crippen LogP contribution in [0, 0.1) is 0 Å². The van der Waals surface area contributed by atoms with Gasteiger partial charge in [-0.15, -0.1) is 0 Å². The molecule has 0 rings (SSSR count). The minimum absolute atomic E-state index is 0.0630. The Balaban J connectivity index is 3.74. The minimum atomic E-state index is -3.42. The van der Waals surface area contributed by atoms with Gasteiger partial charge in [0.2, 0.25) is 0 Å². The molecular formula is C8H19O5P. The van der Waals surface area contributed by atoms with Crippen molar-refractivity contribution in [1.82, 2.24) is 0 Å². The Morgan fingerprint density at radius 3 is 2.29 bits per heavy atom. The highest BCUT2D eigenvalue weighted by atomic mass is 31.2. The van der Waals surface area contributed by atoms with Gasteiger partial charge in [-0.2, -0.15) is 0 Å². The second-order valence-electron chi connectivity index (χ2n) is 3.34. The van der Waals surface area contributed by atoms with Gasteiger partial charge >= 0.3 is 7.60 Å². The summed E-state index contributed by atoms with van der Waals surface area (Å²) < 4.78 is 25.8. The van der Waals surface area contributed by atoms with Crippen molar-refractivity contribution < 1.29 is 23.5 Å². The van der Waals surface area contributed by atoms with E-state index in [9.17, 15) is 4.57 Å². The predicted molar refractivity (Wildman–Crippen MR) is 53.6 cm³/mol. The van der Waals surface area contributed by atoms with E-state index in [0.717, 1.165) is 6.66 Å². The van der Waals surface area contributed by atoms with Crippen molar-refractivity contribution in [2.24, 2.45) is 0 Å². The molecule has 0 aliphatic rings. The Hall–Kier alpha value is 0.0700. The summed E-state index contributed by atoms with van der Waals surface area (Å²) in [6, 6.07) is 0. The zero-order valence-electron chi connectivity index (χ0n) is 9.10. The van der Waals surface area contributed by atoms with Gasteiger partial charge in [0.1, 0.15) is 6.10 Å². The van der Waals surface area contributed by atoms with E-state index in [0.29, 0.717) is 6.61 Å². The fraction of sp³-hybridized carbons (Fsp3) is 1.00. The summed E-state index contributed by atoms with van der Waals surface area (Å²) in [6.45, 7) is 5.37. The van der Waals surface area contributed by atoms with Crippen molar-refractivity contribution in [3.63, 3.8) is 0 Å². The highest BCUT2D eigenvalue weighted by Crippen LogP contribution is 2.36. The SMILES string of the molecule is COC(COC(C)C)COP(C)(=O)O. The fourth-order valence-electron chi connectivity index (χ4n) is 0.705. The summed E-state index contributed by atoms with van der Waals surface area (Å²) in [6.07, 6.45) is -0.201. The molecule has 0 saturated heterocycles. The van der Waals surface area contributed by atoms with Crippen molar-refractivity contribution >= 4 is 7.60 Å². The quantitative estimate of drug-likeness (QED) is 0.662. The predicted octanol–water partition coefficient (Wildman–Crippen LogP) is 1.26. The monoisotopic (exact) mass is 226 g/mol. The summed E-state index contributed by atoms with van der Waals surface area (Å²) in [7, 11) is -1.91. The number of hydrogen-bond acceptors (Lipinski definition) is 4. The van der Waals surface area contributed by atoms with Crippen molar-refractivity contribution in [2.45, 2.75) is 26.1 Å². The summed E-state index contributed by atoms with van der Waals surface area (Å²) in [4.78, 5) is 8.88. The Kier molecular flexibility index (Phi) is 6.57. The molecule has 0 aromatic carbocycles. The van der Waals surface area contributed by atoms with Gasteiger partial charge < -0.3 is 18.9 Å². The van der Waals surface area contributed by atoms with Crippen LogP contribution in [-0.2, 0) is 18.6 Å². The zero-order chi connectivity index (χ0) is 11.2. The van der Waals surface area contributed by atoms with Gasteiger partial charge in [0.05, 0.1) is 19.3 Å². The lowest BCUT2D eigenvalue weighted by Gasteiger charge is -2.17. The molecule has 0 heterocycles. The summed E-state index contributed by atoms with van der Waals surface area (Å²) >= 11 is 0. The maximum atomic E-state index is 10.8. The molecule has 0 aromatic heterocycles. The van der Waals surface area contributed by atoms with Crippen LogP contribution < -0.4 is 0 Å². The smallest absolute Gasteiger partial charge is 0.325 e. The molecule has 0 aromatic rings. The molecule has 0 fully saturated rings. The standard InChI is InChI=1S/C8H19O5P/c1-7(2)12-5-8(11-3)6-13-14(4,9)10/h7-8H,5-6H2,1-4H3,(H,9,10). The molecule has 0 amide bonds. The molecule has 0 saturated carbocycles. The topological polar surface area (TPSA) is 65.0 Å². The molecule has 0 bridgehead atoms. The summed E-state index contributed by atoms with van der Waals surface area (Å²) in [5.41, 5.74) is 0. The van der Waals surface area contributed by atoms with E-state index in [4.69, 9.17) is 18.9 Å². The first kappa shape index (κ1) is 14.1. The van der Waals surface area contributed by atoms with Gasteiger partial charge in [0, 0.05) is 13.8 Å². The number of methoxy groups -OCH3 is 1. The van der Waals surface area contributed by atoms with Crippen LogP contribution >= 0.6 is 7.60 Å². The van der Waals surface area contributed by atoms with Crippen LogP contribution in [0.3, 0.4) is 0 Å². The Labute approximate surface area is 84.9 Å². The van der Waals surface area contributed by atoms with E-state index in [1.54, 1.807) is 0 Å². The second-order valence-corrected chi connectivity index (χ2v) is 5.20. The molecule has 0 aliphatic carbocycles. The third-order valence-electron chi connectivity index (χ3n) is 1.45. The van der Waals surface area contributed by atoms with Crippen molar-refractivity contribution in [2.75, 3.05) is 27.0 Å². The van der Waals surface area contributed by atoms with Crippen LogP contribution in [0.25, 0.3) is 0 Å². The van der Waals surface area contributed by atoms with E-state index < -0.39 is 7.60 Å². The molecule has 1 N–H and O–H groups in total. The normalized spacial score (nSPS) is 18.1. The zero-order valence-corrected chi connectivity index (χ0v) is 9.99. The number of rotatable bonds is 7. The van der Waals surface area contributed by atoms with E-state index >= 15 is 0 Å². The van der Waals surface area contributed by atoms with Crippen LogP contribution in [0.1, 0.15) is 13.8 Å². The van der Waals surface area contributed by atoms with Crippen LogP contribution in [0.5, 0.6) is 0 Å². The summed E-state index contributed by atoms with van der Waals surface area (Å²) in [5.74, 6) is 0. The van der Waals surface area contributed by atoms with E-state index in [-0.39, 0.29) is 18.8 Å². The van der Waals surface area contributed by atoms with Crippen molar-refractivity contribution in [3.05, 3.63) is 0 Å². The van der Waals surface area contributed by atoms with Gasteiger partial charge in [0.25, 0.3) is 0 Å². The lowest BCUT2D eigenvalue weighted by Crippen LogP contribution is -2.25.